The molecule has 0 bridgehead atoms. The Kier molecular flexibility index (Phi) is 6.23. The van der Waals surface area contributed by atoms with Crippen LogP contribution in [-0.2, 0) is 14.3 Å². The summed E-state index contributed by atoms with van der Waals surface area (Å²) in [6.45, 7) is 1.54. The van der Waals surface area contributed by atoms with Crippen LogP contribution in [0.4, 0.5) is 0 Å². The molecule has 3 fully saturated rings. The van der Waals surface area contributed by atoms with Gasteiger partial charge in [-0.15, -0.1) is 0 Å². The molecule has 3 nitrogen and oxygen atoms in total. The lowest BCUT2D eigenvalue weighted by atomic mass is 9.53. The van der Waals surface area contributed by atoms with Crippen LogP contribution in [0.15, 0.2) is 0 Å². The Hall–Kier alpha value is -0.570. The summed E-state index contributed by atoms with van der Waals surface area (Å²) in [5.74, 6) is 1.65. The zero-order chi connectivity index (χ0) is 17.0. The second-order valence-electron chi connectivity index (χ2n) is 8.59. The van der Waals surface area contributed by atoms with E-state index in [1.54, 1.807) is 6.92 Å². The van der Waals surface area contributed by atoms with Gasteiger partial charge < -0.3 is 9.47 Å². The third-order valence-corrected chi connectivity index (χ3v) is 7.42. The van der Waals surface area contributed by atoms with Crippen molar-refractivity contribution in [3.05, 3.63) is 0 Å². The number of hydrogen-bond acceptors (Lipinski definition) is 3. The average Bonchev–Trinajstić information content (AvgIpc) is 2.62. The quantitative estimate of drug-likeness (QED) is 0.657. The lowest BCUT2D eigenvalue weighted by Crippen LogP contribution is -2.44. The van der Waals surface area contributed by atoms with Crippen molar-refractivity contribution in [3.63, 3.8) is 0 Å². The zero-order valence-corrected chi connectivity index (χ0v) is 15.7. The number of carbonyl (C=O) groups excluding carboxylic acids is 1. The SMILES string of the molecule is COC1CCC(C2(C3CCC(OC(C)=O)CC3)CCCCC2)CC1. The molecule has 3 saturated carbocycles. The standard InChI is InChI=1S/C21H36O3/c1-16(22)24-20-12-8-18(9-13-20)21(14-4-3-5-15-21)17-6-10-19(23-2)11-7-17/h17-20H,3-15H2,1-2H3. The van der Waals surface area contributed by atoms with E-state index >= 15 is 0 Å². The Labute approximate surface area is 147 Å². The van der Waals surface area contributed by atoms with E-state index in [1.165, 1.54) is 70.6 Å². The second-order valence-corrected chi connectivity index (χ2v) is 8.59. The largest absolute Gasteiger partial charge is 0.463 e. The van der Waals surface area contributed by atoms with Gasteiger partial charge in [0.15, 0.2) is 0 Å². The van der Waals surface area contributed by atoms with E-state index in [9.17, 15) is 4.79 Å². The molecular formula is C21H36O3. The van der Waals surface area contributed by atoms with E-state index < -0.39 is 0 Å². The molecule has 3 aliphatic rings. The van der Waals surface area contributed by atoms with Crippen molar-refractivity contribution in [3.8, 4) is 0 Å². The molecule has 0 aromatic rings. The van der Waals surface area contributed by atoms with Crippen LogP contribution in [0.1, 0.15) is 90.4 Å². The first kappa shape index (κ1) is 18.2. The molecule has 3 aliphatic carbocycles. The summed E-state index contributed by atoms with van der Waals surface area (Å²) in [7, 11) is 1.87. The van der Waals surface area contributed by atoms with Crippen LogP contribution in [0.25, 0.3) is 0 Å². The van der Waals surface area contributed by atoms with Gasteiger partial charge in [-0.2, -0.15) is 0 Å². The molecule has 3 rings (SSSR count). The third kappa shape index (κ3) is 3.98. The van der Waals surface area contributed by atoms with Gasteiger partial charge in [-0.3, -0.25) is 4.79 Å². The van der Waals surface area contributed by atoms with Crippen molar-refractivity contribution in [2.45, 2.75) is 103 Å². The second kappa shape index (κ2) is 8.21. The molecule has 0 aromatic heterocycles. The highest BCUT2D eigenvalue weighted by molar-refractivity contribution is 5.66. The molecule has 0 amide bonds. The summed E-state index contributed by atoms with van der Waals surface area (Å²) in [5, 5.41) is 0. The predicted octanol–water partition coefficient (Wildman–Crippen LogP) is 5.26. The molecule has 0 heterocycles. The van der Waals surface area contributed by atoms with Gasteiger partial charge in [0.2, 0.25) is 0 Å². The maximum atomic E-state index is 11.2. The van der Waals surface area contributed by atoms with Crippen LogP contribution < -0.4 is 0 Å². The molecule has 0 radical (unpaired) electrons. The highest BCUT2D eigenvalue weighted by atomic mass is 16.5. The Bertz CT molecular complexity index is 397. The van der Waals surface area contributed by atoms with Crippen LogP contribution in [0.5, 0.6) is 0 Å². The number of esters is 1. The van der Waals surface area contributed by atoms with E-state index in [0.717, 1.165) is 24.7 Å². The molecule has 0 spiro atoms. The van der Waals surface area contributed by atoms with Gasteiger partial charge in [0.05, 0.1) is 6.10 Å². The number of methoxy groups -OCH3 is 1. The van der Waals surface area contributed by atoms with Crippen molar-refractivity contribution >= 4 is 5.97 Å². The van der Waals surface area contributed by atoms with Crippen molar-refractivity contribution in [1.82, 2.24) is 0 Å². The highest BCUT2D eigenvalue weighted by Crippen LogP contribution is 2.56. The molecule has 0 aromatic carbocycles. The normalized spacial score (nSPS) is 36.9. The Morgan fingerprint density at radius 1 is 0.792 bits per heavy atom. The van der Waals surface area contributed by atoms with Crippen molar-refractivity contribution in [1.29, 1.82) is 0 Å². The number of ether oxygens (including phenoxy) is 2. The van der Waals surface area contributed by atoms with Gasteiger partial charge in [0.25, 0.3) is 0 Å². The molecular weight excluding hydrogens is 300 g/mol. The summed E-state index contributed by atoms with van der Waals surface area (Å²) in [6, 6.07) is 0. The first-order chi connectivity index (χ1) is 11.6. The summed E-state index contributed by atoms with van der Waals surface area (Å²) in [6.07, 6.45) is 17.8. The number of carbonyl (C=O) groups is 1. The van der Waals surface area contributed by atoms with Gasteiger partial charge in [-0.05, 0) is 81.5 Å². The Morgan fingerprint density at radius 3 is 1.75 bits per heavy atom. The smallest absolute Gasteiger partial charge is 0.302 e. The van der Waals surface area contributed by atoms with E-state index in [0.29, 0.717) is 11.5 Å². The van der Waals surface area contributed by atoms with Crippen LogP contribution in [0, 0.1) is 17.3 Å². The van der Waals surface area contributed by atoms with Crippen LogP contribution >= 0.6 is 0 Å². The lowest BCUT2D eigenvalue weighted by Gasteiger charge is -2.52. The minimum atomic E-state index is -0.108. The fraction of sp³-hybridized carbons (Fsp3) is 0.952. The fourth-order valence-electron chi connectivity index (χ4n) is 6.22. The first-order valence-corrected chi connectivity index (χ1v) is 10.3. The average molecular weight is 337 g/mol. The Balaban J connectivity index is 1.65. The van der Waals surface area contributed by atoms with Gasteiger partial charge in [0.1, 0.15) is 6.10 Å². The van der Waals surface area contributed by atoms with Crippen molar-refractivity contribution in [2.24, 2.45) is 17.3 Å². The van der Waals surface area contributed by atoms with E-state index in [1.807, 2.05) is 7.11 Å². The van der Waals surface area contributed by atoms with E-state index in [2.05, 4.69) is 0 Å². The summed E-state index contributed by atoms with van der Waals surface area (Å²) in [4.78, 5) is 11.2. The van der Waals surface area contributed by atoms with Crippen LogP contribution in [0.2, 0.25) is 0 Å². The minimum absolute atomic E-state index is 0.108. The van der Waals surface area contributed by atoms with E-state index in [4.69, 9.17) is 9.47 Å². The fourth-order valence-corrected chi connectivity index (χ4v) is 6.22. The van der Waals surface area contributed by atoms with Crippen molar-refractivity contribution < 1.29 is 14.3 Å². The molecule has 0 aliphatic heterocycles. The number of rotatable bonds is 4. The maximum Gasteiger partial charge on any atom is 0.302 e. The lowest BCUT2D eigenvalue weighted by molar-refractivity contribution is -0.149. The summed E-state index contributed by atoms with van der Waals surface area (Å²) < 4.78 is 11.1. The third-order valence-electron chi connectivity index (χ3n) is 7.42. The van der Waals surface area contributed by atoms with Crippen LogP contribution in [0.3, 0.4) is 0 Å². The van der Waals surface area contributed by atoms with Crippen LogP contribution in [-0.4, -0.2) is 25.3 Å². The monoisotopic (exact) mass is 336 g/mol. The van der Waals surface area contributed by atoms with E-state index in [-0.39, 0.29) is 12.1 Å². The zero-order valence-electron chi connectivity index (χ0n) is 15.7. The molecule has 0 atom stereocenters. The van der Waals surface area contributed by atoms with Gasteiger partial charge in [-0.1, -0.05) is 19.3 Å². The highest BCUT2D eigenvalue weighted by Gasteiger charge is 2.47. The maximum absolute atomic E-state index is 11.2. The van der Waals surface area contributed by atoms with Gasteiger partial charge in [0, 0.05) is 14.0 Å². The molecule has 0 unspecified atom stereocenters. The minimum Gasteiger partial charge on any atom is -0.463 e. The predicted molar refractivity (Wildman–Crippen MR) is 95.8 cm³/mol. The molecule has 0 saturated heterocycles. The summed E-state index contributed by atoms with van der Waals surface area (Å²) in [5.41, 5.74) is 0.582. The summed E-state index contributed by atoms with van der Waals surface area (Å²) >= 11 is 0. The van der Waals surface area contributed by atoms with Crippen molar-refractivity contribution in [2.75, 3.05) is 7.11 Å². The molecule has 24 heavy (non-hydrogen) atoms. The molecule has 0 N–H and O–H groups in total. The topological polar surface area (TPSA) is 35.5 Å². The van der Waals surface area contributed by atoms with Gasteiger partial charge >= 0.3 is 5.97 Å². The Morgan fingerprint density at radius 2 is 1.29 bits per heavy atom. The first-order valence-electron chi connectivity index (χ1n) is 10.3. The molecule has 138 valence electrons. The molecule has 3 heteroatoms. The number of hydrogen-bond donors (Lipinski definition) is 0. The van der Waals surface area contributed by atoms with Gasteiger partial charge in [-0.25, -0.2) is 0 Å².